The van der Waals surface area contributed by atoms with Crippen LogP contribution >= 0.6 is 27.3 Å². The molecule has 1 aromatic carbocycles. The van der Waals surface area contributed by atoms with Crippen molar-refractivity contribution in [3.8, 4) is 11.5 Å². The highest BCUT2D eigenvalue weighted by Gasteiger charge is 2.13. The summed E-state index contributed by atoms with van der Waals surface area (Å²) in [7, 11) is 0. The summed E-state index contributed by atoms with van der Waals surface area (Å²) >= 11 is 5.14. The number of hydrogen-bond acceptors (Lipinski definition) is 5. The number of benzene rings is 1. The van der Waals surface area contributed by atoms with E-state index in [1.807, 2.05) is 18.4 Å². The van der Waals surface area contributed by atoms with Gasteiger partial charge in [-0.05, 0) is 47.1 Å². The van der Waals surface area contributed by atoms with Gasteiger partial charge in [0.15, 0.2) is 11.5 Å². The maximum absolute atomic E-state index is 5.88. The van der Waals surface area contributed by atoms with Crippen molar-refractivity contribution in [1.82, 2.24) is 10.3 Å². The predicted molar refractivity (Wildman–Crippen MR) is 89.1 cm³/mol. The molecule has 0 bridgehead atoms. The Balaban J connectivity index is 2.17. The van der Waals surface area contributed by atoms with Gasteiger partial charge in [-0.15, -0.1) is 11.3 Å². The molecule has 1 N–H and O–H groups in total. The fourth-order valence-corrected chi connectivity index (χ4v) is 3.00. The van der Waals surface area contributed by atoms with E-state index in [0.717, 1.165) is 40.3 Å². The molecule has 21 heavy (non-hydrogen) atoms. The molecule has 0 spiro atoms. The fraction of sp³-hybridized carbons (Fsp3) is 0.400. The molecule has 0 fully saturated rings. The number of halogens is 1. The lowest BCUT2D eigenvalue weighted by Crippen LogP contribution is -2.12. The molecule has 0 unspecified atom stereocenters. The quantitative estimate of drug-likeness (QED) is 0.762. The zero-order chi connectivity index (χ0) is 15.1. The zero-order valence-electron chi connectivity index (χ0n) is 12.2. The van der Waals surface area contributed by atoms with Crippen molar-refractivity contribution < 1.29 is 9.47 Å². The Morgan fingerprint density at radius 3 is 2.81 bits per heavy atom. The molecule has 0 atom stereocenters. The van der Waals surface area contributed by atoms with Crippen molar-refractivity contribution in [3.63, 3.8) is 0 Å². The first-order valence-electron chi connectivity index (χ1n) is 6.90. The van der Waals surface area contributed by atoms with Gasteiger partial charge >= 0.3 is 0 Å². The van der Waals surface area contributed by atoms with Gasteiger partial charge in [0.2, 0.25) is 0 Å². The van der Waals surface area contributed by atoms with Crippen molar-refractivity contribution in [2.24, 2.45) is 0 Å². The Labute approximate surface area is 137 Å². The molecule has 0 saturated heterocycles. The van der Waals surface area contributed by atoms with Crippen LogP contribution in [-0.2, 0) is 13.2 Å². The molecule has 0 aliphatic carbocycles. The Kier molecular flexibility index (Phi) is 6.48. The second kappa shape index (κ2) is 8.36. The Morgan fingerprint density at radius 2 is 2.14 bits per heavy atom. The number of thiazole rings is 1. The van der Waals surface area contributed by atoms with Crippen molar-refractivity contribution in [3.05, 3.63) is 38.8 Å². The lowest BCUT2D eigenvalue weighted by molar-refractivity contribution is 0.265. The van der Waals surface area contributed by atoms with Crippen molar-refractivity contribution >= 4 is 27.3 Å². The molecule has 0 amide bonds. The van der Waals surface area contributed by atoms with Crippen LogP contribution in [0.5, 0.6) is 11.5 Å². The Morgan fingerprint density at radius 1 is 1.29 bits per heavy atom. The number of nitrogens with zero attached hydrogens (tertiary/aromatic N) is 1. The van der Waals surface area contributed by atoms with Gasteiger partial charge in [0.1, 0.15) is 6.61 Å². The third kappa shape index (κ3) is 4.69. The van der Waals surface area contributed by atoms with Crippen molar-refractivity contribution in [2.45, 2.75) is 27.0 Å². The second-order valence-corrected chi connectivity index (χ2v) is 5.96. The van der Waals surface area contributed by atoms with Crippen LogP contribution < -0.4 is 14.8 Å². The van der Waals surface area contributed by atoms with E-state index in [4.69, 9.17) is 9.47 Å². The average Bonchev–Trinajstić information content (AvgIpc) is 2.98. The molecule has 1 heterocycles. The largest absolute Gasteiger partial charge is 0.490 e. The minimum absolute atomic E-state index is 0.439. The molecular formula is C15H19BrN2O2S. The predicted octanol–water partition coefficient (Wildman–Crippen LogP) is 3.99. The average molecular weight is 371 g/mol. The van der Waals surface area contributed by atoms with E-state index in [9.17, 15) is 0 Å². The van der Waals surface area contributed by atoms with Gasteiger partial charge in [-0.25, -0.2) is 4.98 Å². The molecule has 0 aliphatic heterocycles. The smallest absolute Gasteiger partial charge is 0.175 e. The first-order valence-corrected chi connectivity index (χ1v) is 8.64. The van der Waals surface area contributed by atoms with Crippen LogP contribution in [0.15, 0.2) is 27.5 Å². The van der Waals surface area contributed by atoms with Crippen molar-refractivity contribution in [1.29, 1.82) is 0 Å². The molecule has 0 saturated carbocycles. The molecule has 4 nitrogen and oxygen atoms in total. The van der Waals surface area contributed by atoms with Gasteiger partial charge < -0.3 is 14.8 Å². The Bertz CT molecular complexity index is 561. The SMILES string of the molecule is CCNCc1cc(Br)c(OCc2cscn2)c(OCC)c1. The monoisotopic (exact) mass is 370 g/mol. The van der Waals surface area contributed by atoms with E-state index >= 15 is 0 Å². The van der Waals surface area contributed by atoms with E-state index in [2.05, 4.69) is 39.2 Å². The topological polar surface area (TPSA) is 43.4 Å². The van der Waals surface area contributed by atoms with Gasteiger partial charge in [0.25, 0.3) is 0 Å². The number of rotatable bonds is 8. The van der Waals surface area contributed by atoms with Crippen LogP contribution in [0.4, 0.5) is 0 Å². The summed E-state index contributed by atoms with van der Waals surface area (Å²) in [4.78, 5) is 4.22. The maximum atomic E-state index is 5.88. The minimum atomic E-state index is 0.439. The molecule has 114 valence electrons. The zero-order valence-corrected chi connectivity index (χ0v) is 14.6. The lowest BCUT2D eigenvalue weighted by Gasteiger charge is -2.15. The molecule has 0 radical (unpaired) electrons. The lowest BCUT2D eigenvalue weighted by atomic mass is 10.2. The third-order valence-corrected chi connectivity index (χ3v) is 4.02. The molecule has 1 aromatic heterocycles. The van der Waals surface area contributed by atoms with Crippen LogP contribution in [0.2, 0.25) is 0 Å². The van der Waals surface area contributed by atoms with Gasteiger partial charge in [0, 0.05) is 11.9 Å². The molecular weight excluding hydrogens is 352 g/mol. The summed E-state index contributed by atoms with van der Waals surface area (Å²) in [5.41, 5.74) is 3.88. The molecule has 0 aliphatic rings. The second-order valence-electron chi connectivity index (χ2n) is 4.39. The Hall–Kier alpha value is -1.11. The van der Waals surface area contributed by atoms with Crippen LogP contribution in [0.1, 0.15) is 25.1 Å². The fourth-order valence-electron chi connectivity index (χ4n) is 1.85. The summed E-state index contributed by atoms with van der Waals surface area (Å²) in [6, 6.07) is 4.08. The summed E-state index contributed by atoms with van der Waals surface area (Å²) in [6.45, 7) is 6.84. The number of aromatic nitrogens is 1. The number of hydrogen-bond donors (Lipinski definition) is 1. The standard InChI is InChI=1S/C15H19BrN2O2S/c1-3-17-7-11-5-13(16)15(14(6-11)19-4-2)20-8-12-9-21-10-18-12/h5-6,9-10,17H,3-4,7-8H2,1-2H3. The van der Waals surface area contributed by atoms with Gasteiger partial charge in [-0.3, -0.25) is 0 Å². The van der Waals surface area contributed by atoms with Crippen LogP contribution in [0.3, 0.4) is 0 Å². The minimum Gasteiger partial charge on any atom is -0.490 e. The molecule has 2 rings (SSSR count). The van der Waals surface area contributed by atoms with Crippen LogP contribution in [0, 0.1) is 0 Å². The number of ether oxygens (including phenoxy) is 2. The van der Waals surface area contributed by atoms with Crippen molar-refractivity contribution in [2.75, 3.05) is 13.2 Å². The highest BCUT2D eigenvalue weighted by atomic mass is 79.9. The third-order valence-electron chi connectivity index (χ3n) is 2.80. The van der Waals surface area contributed by atoms with E-state index in [0.29, 0.717) is 13.2 Å². The highest BCUT2D eigenvalue weighted by Crippen LogP contribution is 2.37. The van der Waals surface area contributed by atoms with E-state index in [1.54, 1.807) is 16.8 Å². The molecule has 2 aromatic rings. The number of nitrogens with one attached hydrogen (secondary N) is 1. The van der Waals surface area contributed by atoms with Gasteiger partial charge in [0.05, 0.1) is 22.3 Å². The first-order chi connectivity index (χ1) is 10.2. The molecule has 6 heteroatoms. The van der Waals surface area contributed by atoms with E-state index < -0.39 is 0 Å². The van der Waals surface area contributed by atoms with Crippen LogP contribution in [-0.4, -0.2) is 18.1 Å². The normalized spacial score (nSPS) is 10.6. The summed E-state index contributed by atoms with van der Waals surface area (Å²) in [5, 5.41) is 5.29. The van der Waals surface area contributed by atoms with E-state index in [-0.39, 0.29) is 0 Å². The van der Waals surface area contributed by atoms with Gasteiger partial charge in [-0.1, -0.05) is 6.92 Å². The first kappa shape index (κ1) is 16.3. The van der Waals surface area contributed by atoms with E-state index in [1.165, 1.54) is 0 Å². The highest BCUT2D eigenvalue weighted by molar-refractivity contribution is 9.10. The summed E-state index contributed by atoms with van der Waals surface area (Å²) in [5.74, 6) is 1.49. The summed E-state index contributed by atoms with van der Waals surface area (Å²) < 4.78 is 12.5. The summed E-state index contributed by atoms with van der Waals surface area (Å²) in [6.07, 6.45) is 0. The maximum Gasteiger partial charge on any atom is 0.175 e. The van der Waals surface area contributed by atoms with Crippen LogP contribution in [0.25, 0.3) is 0 Å². The van der Waals surface area contributed by atoms with Gasteiger partial charge in [-0.2, -0.15) is 0 Å².